The Hall–Kier alpha value is -1.16. The quantitative estimate of drug-likeness (QED) is 0.844. The number of benzene rings is 1. The summed E-state index contributed by atoms with van der Waals surface area (Å²) in [5, 5.41) is 4.60. The molecule has 0 amide bonds. The first-order chi connectivity index (χ1) is 7.93. The van der Waals surface area contributed by atoms with Crippen molar-refractivity contribution in [2.24, 2.45) is 0 Å². The molecule has 0 radical (unpaired) electrons. The number of para-hydroxylation sites is 1. The van der Waals surface area contributed by atoms with Crippen molar-refractivity contribution in [3.05, 3.63) is 42.1 Å². The highest BCUT2D eigenvalue weighted by molar-refractivity contribution is 5.85. The minimum Gasteiger partial charge on any atom is -0.378 e. The van der Waals surface area contributed by atoms with Gasteiger partial charge < -0.3 is 10.1 Å². The number of aromatic nitrogens is 1. The van der Waals surface area contributed by atoms with Crippen LogP contribution in [0.25, 0.3) is 10.9 Å². The molecular formula is C13H15ClN2O. The smallest absolute Gasteiger partial charge is 0.0733 e. The summed E-state index contributed by atoms with van der Waals surface area (Å²) in [4.78, 5) is 4.66. The van der Waals surface area contributed by atoms with E-state index in [1.54, 1.807) is 0 Å². The third kappa shape index (κ3) is 2.57. The highest BCUT2D eigenvalue weighted by Crippen LogP contribution is 2.18. The first-order valence-corrected chi connectivity index (χ1v) is 5.60. The summed E-state index contributed by atoms with van der Waals surface area (Å²) in [5.74, 6) is 0. The van der Waals surface area contributed by atoms with Gasteiger partial charge in [-0.3, -0.25) is 4.98 Å². The molecule has 0 aliphatic carbocycles. The molecule has 1 fully saturated rings. The maximum Gasteiger partial charge on any atom is 0.0733 e. The molecule has 1 N–H and O–H groups in total. The van der Waals surface area contributed by atoms with Gasteiger partial charge >= 0.3 is 0 Å². The zero-order valence-corrected chi connectivity index (χ0v) is 10.2. The van der Waals surface area contributed by atoms with E-state index < -0.39 is 0 Å². The predicted molar refractivity (Wildman–Crippen MR) is 70.6 cm³/mol. The van der Waals surface area contributed by atoms with Crippen LogP contribution in [0.4, 0.5) is 0 Å². The lowest BCUT2D eigenvalue weighted by molar-refractivity contribution is 0.0757. The van der Waals surface area contributed by atoms with Gasteiger partial charge in [0.1, 0.15) is 0 Å². The molecule has 0 spiro atoms. The number of hydrogen-bond donors (Lipinski definition) is 1. The van der Waals surface area contributed by atoms with Gasteiger partial charge in [0.25, 0.3) is 0 Å². The van der Waals surface area contributed by atoms with Crippen molar-refractivity contribution in [3.8, 4) is 0 Å². The van der Waals surface area contributed by atoms with Gasteiger partial charge in [0.15, 0.2) is 0 Å². The number of fused-ring (bicyclic) bond motifs is 1. The minimum atomic E-state index is 0. The molecular weight excluding hydrogens is 236 g/mol. The van der Waals surface area contributed by atoms with Gasteiger partial charge in [0, 0.05) is 11.9 Å². The number of morpholine rings is 1. The highest BCUT2D eigenvalue weighted by atomic mass is 35.5. The predicted octanol–water partition coefficient (Wildman–Crippen LogP) is 2.32. The van der Waals surface area contributed by atoms with E-state index in [0.717, 1.165) is 24.4 Å². The largest absolute Gasteiger partial charge is 0.378 e. The Morgan fingerprint density at radius 1 is 1.18 bits per heavy atom. The van der Waals surface area contributed by atoms with Crippen molar-refractivity contribution in [3.63, 3.8) is 0 Å². The van der Waals surface area contributed by atoms with E-state index >= 15 is 0 Å². The van der Waals surface area contributed by atoms with Gasteiger partial charge in [-0.1, -0.05) is 24.3 Å². The SMILES string of the molecule is Cl.c1ccc2nc([C@@H]3COCCN3)ccc2c1. The molecule has 2 heterocycles. The normalized spacial score (nSPS) is 19.9. The average molecular weight is 251 g/mol. The summed E-state index contributed by atoms with van der Waals surface area (Å²) < 4.78 is 5.45. The number of rotatable bonds is 1. The van der Waals surface area contributed by atoms with Crippen LogP contribution in [-0.4, -0.2) is 24.7 Å². The van der Waals surface area contributed by atoms with Crippen molar-refractivity contribution >= 4 is 23.3 Å². The summed E-state index contributed by atoms with van der Waals surface area (Å²) >= 11 is 0. The monoisotopic (exact) mass is 250 g/mol. The van der Waals surface area contributed by atoms with Crippen molar-refractivity contribution in [2.45, 2.75) is 6.04 Å². The number of nitrogens with one attached hydrogen (secondary N) is 1. The van der Waals surface area contributed by atoms with Crippen LogP contribution in [0.1, 0.15) is 11.7 Å². The van der Waals surface area contributed by atoms with Crippen LogP contribution in [-0.2, 0) is 4.74 Å². The Labute approximate surface area is 107 Å². The van der Waals surface area contributed by atoms with E-state index in [1.807, 2.05) is 18.2 Å². The number of halogens is 1. The lowest BCUT2D eigenvalue weighted by Gasteiger charge is -2.23. The number of ether oxygens (including phenoxy) is 1. The molecule has 1 aliphatic rings. The second-order valence-corrected chi connectivity index (χ2v) is 4.01. The third-order valence-electron chi connectivity index (χ3n) is 2.90. The fourth-order valence-electron chi connectivity index (χ4n) is 2.03. The van der Waals surface area contributed by atoms with E-state index in [4.69, 9.17) is 4.74 Å². The Kier molecular flexibility index (Phi) is 3.94. The van der Waals surface area contributed by atoms with Gasteiger partial charge in [0.2, 0.25) is 0 Å². The van der Waals surface area contributed by atoms with Crippen molar-refractivity contribution in [1.82, 2.24) is 10.3 Å². The van der Waals surface area contributed by atoms with Crippen molar-refractivity contribution in [2.75, 3.05) is 19.8 Å². The second kappa shape index (κ2) is 5.45. The van der Waals surface area contributed by atoms with Crippen LogP contribution in [0.5, 0.6) is 0 Å². The van der Waals surface area contributed by atoms with Gasteiger partial charge in [-0.25, -0.2) is 0 Å². The average Bonchev–Trinajstić information content (AvgIpc) is 2.39. The maximum atomic E-state index is 5.45. The van der Waals surface area contributed by atoms with Crippen molar-refractivity contribution in [1.29, 1.82) is 0 Å². The van der Waals surface area contributed by atoms with Crippen LogP contribution in [0.2, 0.25) is 0 Å². The Balaban J connectivity index is 0.00000108. The van der Waals surface area contributed by atoms with Gasteiger partial charge in [-0.15, -0.1) is 12.4 Å². The van der Waals surface area contributed by atoms with Gasteiger partial charge in [-0.2, -0.15) is 0 Å². The molecule has 1 aliphatic heterocycles. The summed E-state index contributed by atoms with van der Waals surface area (Å²) in [5.41, 5.74) is 2.12. The molecule has 1 aromatic carbocycles. The first-order valence-electron chi connectivity index (χ1n) is 5.60. The van der Waals surface area contributed by atoms with Crippen LogP contribution < -0.4 is 5.32 Å². The number of pyridine rings is 1. The van der Waals surface area contributed by atoms with Crippen LogP contribution >= 0.6 is 12.4 Å². The molecule has 0 bridgehead atoms. The van der Waals surface area contributed by atoms with E-state index in [-0.39, 0.29) is 18.4 Å². The van der Waals surface area contributed by atoms with Crippen LogP contribution in [0, 0.1) is 0 Å². The number of hydrogen-bond acceptors (Lipinski definition) is 3. The second-order valence-electron chi connectivity index (χ2n) is 4.01. The molecule has 1 atom stereocenters. The fourth-order valence-corrected chi connectivity index (χ4v) is 2.03. The minimum absolute atomic E-state index is 0. The summed E-state index contributed by atoms with van der Waals surface area (Å²) in [6, 6.07) is 12.6. The molecule has 0 saturated carbocycles. The molecule has 3 nitrogen and oxygen atoms in total. The zero-order valence-electron chi connectivity index (χ0n) is 9.43. The van der Waals surface area contributed by atoms with E-state index in [2.05, 4.69) is 28.5 Å². The first kappa shape index (κ1) is 12.3. The van der Waals surface area contributed by atoms with Crippen LogP contribution in [0.3, 0.4) is 0 Å². The Morgan fingerprint density at radius 3 is 2.88 bits per heavy atom. The van der Waals surface area contributed by atoms with E-state index in [9.17, 15) is 0 Å². The lowest BCUT2D eigenvalue weighted by Crippen LogP contribution is -2.35. The highest BCUT2D eigenvalue weighted by Gasteiger charge is 2.16. The summed E-state index contributed by atoms with van der Waals surface area (Å²) in [6.45, 7) is 2.41. The lowest BCUT2D eigenvalue weighted by atomic mass is 10.1. The maximum absolute atomic E-state index is 5.45. The Bertz CT molecular complexity index is 497. The number of nitrogens with zero attached hydrogens (tertiary/aromatic N) is 1. The van der Waals surface area contributed by atoms with Crippen molar-refractivity contribution < 1.29 is 4.74 Å². The topological polar surface area (TPSA) is 34.1 Å². The molecule has 0 unspecified atom stereocenters. The molecule has 3 rings (SSSR count). The fraction of sp³-hybridized carbons (Fsp3) is 0.308. The molecule has 90 valence electrons. The summed E-state index contributed by atoms with van der Waals surface area (Å²) in [6.07, 6.45) is 0. The Morgan fingerprint density at radius 2 is 2.06 bits per heavy atom. The summed E-state index contributed by atoms with van der Waals surface area (Å²) in [7, 11) is 0. The third-order valence-corrected chi connectivity index (χ3v) is 2.90. The van der Waals surface area contributed by atoms with E-state index in [0.29, 0.717) is 6.61 Å². The molecule has 1 saturated heterocycles. The molecule has 17 heavy (non-hydrogen) atoms. The van der Waals surface area contributed by atoms with Gasteiger partial charge in [0.05, 0.1) is 30.5 Å². The van der Waals surface area contributed by atoms with Crippen LogP contribution in [0.15, 0.2) is 36.4 Å². The zero-order chi connectivity index (χ0) is 10.8. The molecule has 1 aromatic heterocycles. The molecule has 4 heteroatoms. The molecule has 2 aromatic rings. The van der Waals surface area contributed by atoms with E-state index in [1.165, 1.54) is 5.39 Å². The van der Waals surface area contributed by atoms with Gasteiger partial charge in [-0.05, 0) is 12.1 Å². The standard InChI is InChI=1S/C13H14N2O.ClH/c1-2-4-11-10(3-1)5-6-12(15-11)13-9-16-8-7-14-13;/h1-6,13-14H,7-9H2;1H/t13-;/m0./s1.